The maximum Gasteiger partial charge on any atom is 0.253 e. The van der Waals surface area contributed by atoms with Gasteiger partial charge < -0.3 is 4.90 Å². The van der Waals surface area contributed by atoms with Crippen LogP contribution < -0.4 is 4.90 Å². The van der Waals surface area contributed by atoms with E-state index in [-0.39, 0.29) is 28.7 Å². The molecule has 0 N–H and O–H groups in total. The summed E-state index contributed by atoms with van der Waals surface area (Å²) in [5.74, 6) is 0.0689. The first kappa shape index (κ1) is 18.5. The minimum Gasteiger partial charge on any atom is -0.316 e. The number of hydrogen-bond acceptors (Lipinski definition) is 4. The Balaban J connectivity index is 2.07. The Morgan fingerprint density at radius 1 is 1.16 bits per heavy atom. The molecule has 2 aliphatic heterocycles. The van der Waals surface area contributed by atoms with Gasteiger partial charge in [-0.3, -0.25) is 4.79 Å². The molecular weight excluding hydrogens is 356 g/mol. The van der Waals surface area contributed by atoms with Crippen molar-refractivity contribution in [3.63, 3.8) is 0 Å². The van der Waals surface area contributed by atoms with E-state index in [2.05, 4.69) is 11.1 Å². The molecule has 2 fully saturated rings. The number of fused-ring (bicyclic) bond motifs is 1. The molecule has 2 heterocycles. The van der Waals surface area contributed by atoms with Crippen LogP contribution in [0, 0.1) is 19.3 Å². The molecular formula is C18H24N2O3S2. The van der Waals surface area contributed by atoms with Gasteiger partial charge in [-0.2, -0.15) is 4.99 Å². The fourth-order valence-electron chi connectivity index (χ4n) is 3.21. The van der Waals surface area contributed by atoms with Crippen molar-refractivity contribution in [3.05, 3.63) is 29.3 Å². The van der Waals surface area contributed by atoms with Gasteiger partial charge in [0.1, 0.15) is 0 Å². The molecule has 0 spiro atoms. The lowest BCUT2D eigenvalue weighted by molar-refractivity contribution is -0.124. The maximum absolute atomic E-state index is 12.4. The second-order valence-electron chi connectivity index (χ2n) is 7.97. The molecule has 1 aromatic carbocycles. The minimum atomic E-state index is -3.05. The topological polar surface area (TPSA) is 66.8 Å². The van der Waals surface area contributed by atoms with Crippen LogP contribution in [0.5, 0.6) is 0 Å². The van der Waals surface area contributed by atoms with Gasteiger partial charge in [0.2, 0.25) is 0 Å². The van der Waals surface area contributed by atoms with Gasteiger partial charge in [0.15, 0.2) is 15.0 Å². The van der Waals surface area contributed by atoms with Crippen molar-refractivity contribution in [1.82, 2.24) is 0 Å². The number of hydrogen-bond donors (Lipinski definition) is 0. The normalized spacial score (nSPS) is 26.9. The molecule has 0 radical (unpaired) electrons. The van der Waals surface area contributed by atoms with Gasteiger partial charge >= 0.3 is 0 Å². The number of rotatable bonds is 1. The van der Waals surface area contributed by atoms with Crippen molar-refractivity contribution in [1.29, 1.82) is 0 Å². The Kier molecular flexibility index (Phi) is 4.52. The van der Waals surface area contributed by atoms with Crippen molar-refractivity contribution in [2.75, 3.05) is 16.4 Å². The number of carbonyl (C=O) groups is 1. The van der Waals surface area contributed by atoms with Gasteiger partial charge in [0.25, 0.3) is 5.91 Å². The molecule has 2 atom stereocenters. The van der Waals surface area contributed by atoms with Crippen molar-refractivity contribution in [2.45, 2.75) is 45.9 Å². The number of sulfone groups is 1. The highest BCUT2D eigenvalue weighted by Gasteiger charge is 2.49. The van der Waals surface area contributed by atoms with Crippen LogP contribution in [-0.4, -0.2) is 42.3 Å². The van der Waals surface area contributed by atoms with Crippen LogP contribution in [0.1, 0.15) is 31.9 Å². The smallest absolute Gasteiger partial charge is 0.253 e. The molecule has 1 amide bonds. The molecule has 136 valence electrons. The zero-order chi connectivity index (χ0) is 18.6. The van der Waals surface area contributed by atoms with E-state index in [0.717, 1.165) is 16.8 Å². The molecule has 0 saturated carbocycles. The summed E-state index contributed by atoms with van der Waals surface area (Å²) < 4.78 is 24.2. The third kappa shape index (κ3) is 3.77. The molecule has 0 aliphatic carbocycles. The second-order valence-corrected chi connectivity index (χ2v) is 11.3. The fraction of sp³-hybridized carbons (Fsp3) is 0.556. The molecule has 3 rings (SSSR count). The summed E-state index contributed by atoms with van der Waals surface area (Å²) in [7, 11) is -3.05. The number of carbonyl (C=O) groups excluding carboxylic acids is 1. The first-order valence-electron chi connectivity index (χ1n) is 8.34. The summed E-state index contributed by atoms with van der Waals surface area (Å²) in [5, 5.41) is 0.548. The number of benzene rings is 1. The molecule has 0 unspecified atom stereocenters. The fourth-order valence-corrected chi connectivity index (χ4v) is 7.12. The van der Waals surface area contributed by atoms with E-state index in [0.29, 0.717) is 5.17 Å². The van der Waals surface area contributed by atoms with Crippen LogP contribution in [0.4, 0.5) is 5.69 Å². The lowest BCUT2D eigenvalue weighted by Crippen LogP contribution is -2.38. The first-order chi connectivity index (χ1) is 11.5. The Hall–Kier alpha value is -1.34. The van der Waals surface area contributed by atoms with Crippen molar-refractivity contribution >= 4 is 38.4 Å². The highest BCUT2D eigenvalue weighted by molar-refractivity contribution is 8.16. The second kappa shape index (κ2) is 6.13. The molecule has 1 aromatic rings. The molecule has 2 aliphatic rings. The van der Waals surface area contributed by atoms with Crippen molar-refractivity contribution in [2.24, 2.45) is 10.4 Å². The van der Waals surface area contributed by atoms with E-state index in [4.69, 9.17) is 0 Å². The van der Waals surface area contributed by atoms with E-state index >= 15 is 0 Å². The maximum atomic E-state index is 12.4. The Labute approximate surface area is 153 Å². The van der Waals surface area contributed by atoms with Gasteiger partial charge in [0, 0.05) is 16.4 Å². The van der Waals surface area contributed by atoms with Crippen LogP contribution in [0.2, 0.25) is 0 Å². The summed E-state index contributed by atoms with van der Waals surface area (Å²) in [6.45, 7) is 9.54. The summed E-state index contributed by atoms with van der Waals surface area (Å²) in [4.78, 5) is 18.8. The van der Waals surface area contributed by atoms with Gasteiger partial charge in [-0.1, -0.05) is 38.6 Å². The van der Waals surface area contributed by atoms with Gasteiger partial charge in [0.05, 0.1) is 17.5 Å². The molecule has 0 bridgehead atoms. The van der Waals surface area contributed by atoms with E-state index in [9.17, 15) is 13.2 Å². The van der Waals surface area contributed by atoms with E-state index in [1.807, 2.05) is 51.7 Å². The number of aryl methyl sites for hydroxylation is 2. The van der Waals surface area contributed by atoms with Crippen LogP contribution in [0.15, 0.2) is 23.2 Å². The minimum absolute atomic E-state index is 0.0719. The lowest BCUT2D eigenvalue weighted by Gasteiger charge is -2.26. The number of amidine groups is 1. The highest BCUT2D eigenvalue weighted by atomic mass is 32.2. The van der Waals surface area contributed by atoms with Crippen LogP contribution >= 0.6 is 11.8 Å². The number of nitrogens with zero attached hydrogens (tertiary/aromatic N) is 2. The van der Waals surface area contributed by atoms with Crippen molar-refractivity contribution in [3.8, 4) is 0 Å². The molecule has 2 saturated heterocycles. The third-order valence-corrected chi connectivity index (χ3v) is 7.60. The number of amides is 1. The Morgan fingerprint density at radius 2 is 1.76 bits per heavy atom. The predicted molar refractivity (Wildman–Crippen MR) is 104 cm³/mol. The molecule has 0 aromatic heterocycles. The largest absolute Gasteiger partial charge is 0.316 e. The molecule has 25 heavy (non-hydrogen) atoms. The van der Waals surface area contributed by atoms with Gasteiger partial charge in [-0.15, -0.1) is 0 Å². The highest BCUT2D eigenvalue weighted by Crippen LogP contribution is 2.41. The van der Waals surface area contributed by atoms with Crippen LogP contribution in [0.3, 0.4) is 0 Å². The standard InChI is InChI=1S/C18H24N2O3S2/c1-11-6-12(2)8-13(7-11)20-14-9-25(22,23)10-15(14)24-17(20)19-16(21)18(3,4)5/h6-8,14-15H,9-10H2,1-5H3/t14-,15+/m1/s1. The van der Waals surface area contributed by atoms with E-state index in [1.54, 1.807) is 0 Å². The van der Waals surface area contributed by atoms with Gasteiger partial charge in [-0.25, -0.2) is 8.42 Å². The summed E-state index contributed by atoms with van der Waals surface area (Å²) >= 11 is 1.42. The van der Waals surface area contributed by atoms with Crippen LogP contribution in [0.25, 0.3) is 0 Å². The Bertz CT molecular complexity index is 833. The number of aliphatic imine (C=N–C) groups is 1. The van der Waals surface area contributed by atoms with Crippen LogP contribution in [-0.2, 0) is 14.6 Å². The predicted octanol–water partition coefficient (Wildman–Crippen LogP) is 2.95. The SMILES string of the molecule is Cc1cc(C)cc(N2C(=NC(=O)C(C)(C)C)S[C@H]3CS(=O)(=O)C[C@H]32)c1. The molecule has 7 heteroatoms. The number of thioether (sulfide) groups is 1. The molecule has 5 nitrogen and oxygen atoms in total. The van der Waals surface area contributed by atoms with Gasteiger partial charge in [-0.05, 0) is 37.1 Å². The number of anilines is 1. The van der Waals surface area contributed by atoms with Crippen molar-refractivity contribution < 1.29 is 13.2 Å². The Morgan fingerprint density at radius 3 is 2.32 bits per heavy atom. The quantitative estimate of drug-likeness (QED) is 0.749. The van der Waals surface area contributed by atoms with E-state index < -0.39 is 15.3 Å². The van der Waals surface area contributed by atoms with E-state index in [1.165, 1.54) is 11.8 Å². The third-order valence-electron chi connectivity index (χ3n) is 4.39. The zero-order valence-corrected chi connectivity index (χ0v) is 16.9. The summed E-state index contributed by atoms with van der Waals surface area (Å²) in [6, 6.07) is 5.96. The summed E-state index contributed by atoms with van der Waals surface area (Å²) in [6.07, 6.45) is 0. The summed E-state index contributed by atoms with van der Waals surface area (Å²) in [5.41, 5.74) is 2.55. The first-order valence-corrected chi connectivity index (χ1v) is 11.0. The lowest BCUT2D eigenvalue weighted by atomic mass is 9.96. The zero-order valence-electron chi connectivity index (χ0n) is 15.2. The average molecular weight is 381 g/mol. The average Bonchev–Trinajstić information content (AvgIpc) is 2.87. The monoisotopic (exact) mass is 380 g/mol.